The Balaban J connectivity index is 1.20. The third-order valence-electron chi connectivity index (χ3n) is 5.58. The number of halogens is 3. The van der Waals surface area contributed by atoms with E-state index in [1.54, 1.807) is 18.3 Å². The second kappa shape index (κ2) is 9.57. The maximum Gasteiger partial charge on any atom is 0.573 e. The summed E-state index contributed by atoms with van der Waals surface area (Å²) in [4.78, 5) is 19.0. The number of fused-ring (bicyclic) bond motifs is 2. The number of amides is 1. The third kappa shape index (κ3) is 5.30. The molecule has 13 heteroatoms. The first-order chi connectivity index (χ1) is 17.2. The first kappa shape index (κ1) is 23.7. The summed E-state index contributed by atoms with van der Waals surface area (Å²) >= 11 is 1.22. The van der Waals surface area contributed by atoms with Gasteiger partial charge in [-0.2, -0.15) is 5.10 Å². The van der Waals surface area contributed by atoms with Gasteiger partial charge in [0.2, 0.25) is 0 Å². The number of nitrogens with one attached hydrogen (secondary N) is 3. The summed E-state index contributed by atoms with van der Waals surface area (Å²) in [6.07, 6.45) is -0.758. The van der Waals surface area contributed by atoms with E-state index in [0.29, 0.717) is 27.5 Å². The van der Waals surface area contributed by atoms with Crippen LogP contribution in [0, 0.1) is 0 Å². The zero-order valence-corrected chi connectivity index (χ0v) is 19.9. The van der Waals surface area contributed by atoms with Crippen LogP contribution in [0.4, 0.5) is 29.7 Å². The Bertz CT molecular complexity index is 1370. The smallest absolute Gasteiger partial charge is 0.406 e. The highest BCUT2D eigenvalue weighted by atomic mass is 32.1. The van der Waals surface area contributed by atoms with Crippen molar-refractivity contribution in [2.45, 2.75) is 25.6 Å². The van der Waals surface area contributed by atoms with E-state index in [-0.39, 0.29) is 17.9 Å². The van der Waals surface area contributed by atoms with E-state index >= 15 is 0 Å². The molecule has 2 aromatic carbocycles. The molecule has 0 spiro atoms. The predicted octanol–water partition coefficient (Wildman–Crippen LogP) is 4.47. The Morgan fingerprint density at radius 2 is 2.11 bits per heavy atom. The fraction of sp³-hybridized carbons (Fsp3) is 0.261. The molecule has 188 valence electrons. The number of aromatic nitrogens is 3. The summed E-state index contributed by atoms with van der Waals surface area (Å²) in [5.74, 6) is -0.455. The van der Waals surface area contributed by atoms with Crippen LogP contribution in [0.15, 0.2) is 54.9 Å². The third-order valence-corrected chi connectivity index (χ3v) is 6.53. The van der Waals surface area contributed by atoms with Crippen LogP contribution in [0.25, 0.3) is 10.2 Å². The number of anilines is 3. The van der Waals surface area contributed by atoms with E-state index in [2.05, 4.69) is 30.8 Å². The number of ether oxygens (including phenoxy) is 1. The number of aryl methyl sites for hydroxylation is 1. The van der Waals surface area contributed by atoms with Gasteiger partial charge in [0.25, 0.3) is 5.91 Å². The van der Waals surface area contributed by atoms with Crippen LogP contribution in [0.3, 0.4) is 0 Å². The normalized spacial score (nSPS) is 15.0. The van der Waals surface area contributed by atoms with E-state index in [1.807, 2.05) is 35.0 Å². The molecule has 0 aliphatic carbocycles. The van der Waals surface area contributed by atoms with Gasteiger partial charge in [0.15, 0.2) is 11.4 Å². The monoisotopic (exact) mass is 517 g/mol. The topological polar surface area (TPSA) is 96.3 Å². The van der Waals surface area contributed by atoms with Crippen molar-refractivity contribution in [2.24, 2.45) is 0 Å². The lowest BCUT2D eigenvalue weighted by Crippen LogP contribution is -2.39. The second-order valence-electron chi connectivity index (χ2n) is 8.11. The van der Waals surface area contributed by atoms with Crippen LogP contribution in [0.5, 0.6) is 5.75 Å². The Hall–Kier alpha value is -4.00. The quantitative estimate of drug-likeness (QED) is 0.297. The van der Waals surface area contributed by atoms with Crippen LogP contribution in [0.2, 0.25) is 0 Å². The number of hydrogen-bond donors (Lipinski definition) is 3. The highest BCUT2D eigenvalue weighted by Gasteiger charge is 2.31. The van der Waals surface area contributed by atoms with Crippen molar-refractivity contribution >= 4 is 44.0 Å². The molecule has 1 unspecified atom stereocenters. The molecule has 2 aromatic heterocycles. The number of hydrogen-bond acceptors (Lipinski definition) is 8. The minimum atomic E-state index is -4.75. The van der Waals surface area contributed by atoms with Crippen molar-refractivity contribution in [3.63, 3.8) is 0 Å². The highest BCUT2D eigenvalue weighted by molar-refractivity contribution is 7.22. The first-order valence-electron chi connectivity index (χ1n) is 11.1. The average molecular weight is 518 g/mol. The molecule has 36 heavy (non-hydrogen) atoms. The molecule has 4 aromatic rings. The lowest BCUT2D eigenvalue weighted by atomic mass is 10.1. The van der Waals surface area contributed by atoms with Gasteiger partial charge in [-0.3, -0.25) is 9.48 Å². The molecule has 1 amide bonds. The fourth-order valence-electron chi connectivity index (χ4n) is 3.88. The van der Waals surface area contributed by atoms with E-state index in [9.17, 15) is 18.0 Å². The lowest BCUT2D eigenvalue weighted by Gasteiger charge is -2.22. The molecule has 9 nitrogen and oxygen atoms in total. The number of alkyl halides is 3. The maximum absolute atomic E-state index is 12.6. The molecule has 0 saturated carbocycles. The Kier molecular flexibility index (Phi) is 6.31. The molecule has 5 rings (SSSR count). The second-order valence-corrected chi connectivity index (χ2v) is 9.14. The summed E-state index contributed by atoms with van der Waals surface area (Å²) in [6.45, 7) is 1.25. The van der Waals surface area contributed by atoms with E-state index < -0.39 is 6.36 Å². The number of carbonyl (C=O) groups is 1. The van der Waals surface area contributed by atoms with Crippen molar-refractivity contribution in [3.8, 4) is 5.75 Å². The van der Waals surface area contributed by atoms with Gasteiger partial charge in [0, 0.05) is 44.2 Å². The summed E-state index contributed by atoms with van der Waals surface area (Å²) in [5, 5.41) is 14.2. The largest absolute Gasteiger partial charge is 0.573 e. The Labute approximate surface area is 207 Å². The zero-order chi connectivity index (χ0) is 25.3. The molecular weight excluding hydrogens is 495 g/mol. The molecule has 0 fully saturated rings. The fourth-order valence-corrected chi connectivity index (χ4v) is 4.79. The van der Waals surface area contributed by atoms with Crippen molar-refractivity contribution in [1.29, 1.82) is 0 Å². The number of thiazole rings is 1. The summed E-state index contributed by atoms with van der Waals surface area (Å²) in [7, 11) is 1.88. The predicted molar refractivity (Wildman–Crippen MR) is 131 cm³/mol. The van der Waals surface area contributed by atoms with Gasteiger partial charge >= 0.3 is 6.36 Å². The standard InChI is InChI=1S/C23H22F3N7O2S/c1-32-18-7-4-14(20(34)27-8-2-10-33-11-3-9-28-33)12-17(18)29-21(32)31-22-30-16-6-5-15(13-19(16)36-22)35-23(24,25)26/h3-7,9,11-13,21,29H,2,8,10H2,1H3,(H,27,34)(H,30,31). The number of nitrogens with zero attached hydrogens (tertiary/aromatic N) is 4. The minimum Gasteiger partial charge on any atom is -0.406 e. The molecule has 1 atom stereocenters. The van der Waals surface area contributed by atoms with E-state index in [0.717, 1.165) is 24.3 Å². The zero-order valence-electron chi connectivity index (χ0n) is 19.0. The maximum atomic E-state index is 12.6. The van der Waals surface area contributed by atoms with E-state index in [4.69, 9.17) is 0 Å². The molecule has 0 saturated heterocycles. The molecule has 3 N–H and O–H groups in total. The van der Waals surface area contributed by atoms with Gasteiger partial charge < -0.3 is 25.6 Å². The lowest BCUT2D eigenvalue weighted by molar-refractivity contribution is -0.274. The molecule has 1 aliphatic heterocycles. The van der Waals surface area contributed by atoms with Crippen molar-refractivity contribution in [2.75, 3.05) is 29.1 Å². The number of benzene rings is 2. The average Bonchev–Trinajstić information content (AvgIpc) is 3.55. The Morgan fingerprint density at radius 1 is 1.25 bits per heavy atom. The van der Waals surface area contributed by atoms with Gasteiger partial charge in [-0.15, -0.1) is 13.2 Å². The van der Waals surface area contributed by atoms with Gasteiger partial charge in [0.1, 0.15) is 5.75 Å². The number of carbonyl (C=O) groups excluding carboxylic acids is 1. The van der Waals surface area contributed by atoms with Crippen molar-refractivity contribution in [1.82, 2.24) is 20.1 Å². The van der Waals surface area contributed by atoms with Crippen LogP contribution in [-0.2, 0) is 6.54 Å². The van der Waals surface area contributed by atoms with Crippen molar-refractivity contribution < 1.29 is 22.7 Å². The molecule has 0 bridgehead atoms. The highest BCUT2D eigenvalue weighted by Crippen LogP contribution is 2.36. The summed E-state index contributed by atoms with van der Waals surface area (Å²) in [5.41, 5.74) is 2.76. The number of rotatable bonds is 8. The van der Waals surface area contributed by atoms with Gasteiger partial charge in [-0.05, 0) is 42.8 Å². The van der Waals surface area contributed by atoms with Gasteiger partial charge in [-0.1, -0.05) is 11.3 Å². The Morgan fingerprint density at radius 3 is 2.89 bits per heavy atom. The molecule has 1 aliphatic rings. The van der Waals surface area contributed by atoms with Gasteiger partial charge in [0.05, 0.1) is 21.6 Å². The minimum absolute atomic E-state index is 0.165. The van der Waals surface area contributed by atoms with Gasteiger partial charge in [-0.25, -0.2) is 4.98 Å². The van der Waals surface area contributed by atoms with Crippen LogP contribution < -0.4 is 25.6 Å². The molecule has 3 heterocycles. The summed E-state index contributed by atoms with van der Waals surface area (Å²) in [6, 6.07) is 11.3. The van der Waals surface area contributed by atoms with Crippen LogP contribution in [0.1, 0.15) is 16.8 Å². The SMILES string of the molecule is CN1c2ccc(C(=O)NCCCn3cccn3)cc2NC1Nc1nc2ccc(OC(F)(F)F)cc2s1. The van der Waals surface area contributed by atoms with Crippen molar-refractivity contribution in [3.05, 3.63) is 60.4 Å². The van der Waals surface area contributed by atoms with E-state index in [1.165, 1.54) is 29.5 Å². The molecular formula is C23H22F3N7O2S. The van der Waals surface area contributed by atoms with Crippen LogP contribution in [-0.4, -0.2) is 46.9 Å². The summed E-state index contributed by atoms with van der Waals surface area (Å²) < 4.78 is 43.9. The van der Waals surface area contributed by atoms with Crippen LogP contribution >= 0.6 is 11.3 Å². The first-order valence-corrected chi connectivity index (χ1v) is 11.9. The molecule has 0 radical (unpaired) electrons.